The number of Topliss-reactive ketones (excluding diaryl/α,β-unsaturated/α-hetero) is 1. The molecule has 2 atom stereocenters. The monoisotopic (exact) mass is 288 g/mol. The summed E-state index contributed by atoms with van der Waals surface area (Å²) in [6, 6.07) is 5.23. The summed E-state index contributed by atoms with van der Waals surface area (Å²) in [7, 11) is 1.52. The summed E-state index contributed by atoms with van der Waals surface area (Å²) in [5, 5.41) is 9.85. The van der Waals surface area contributed by atoms with Gasteiger partial charge in [0.1, 0.15) is 0 Å². The highest BCUT2D eigenvalue weighted by Crippen LogP contribution is 2.36. The van der Waals surface area contributed by atoms with Crippen molar-refractivity contribution in [3.05, 3.63) is 29.3 Å². The van der Waals surface area contributed by atoms with Gasteiger partial charge in [0, 0.05) is 5.92 Å². The molecule has 0 heterocycles. The van der Waals surface area contributed by atoms with Crippen LogP contribution in [0.2, 0.25) is 0 Å². The van der Waals surface area contributed by atoms with Crippen LogP contribution in [-0.4, -0.2) is 18.0 Å². The second-order valence-electron chi connectivity index (χ2n) is 6.22. The number of benzene rings is 1. The van der Waals surface area contributed by atoms with Crippen molar-refractivity contribution in [3.63, 3.8) is 0 Å². The number of phenolic OH excluding ortho intramolecular Hbond substituents is 1. The first-order valence-electron chi connectivity index (χ1n) is 7.56. The molecular formula is C18H24O3. The van der Waals surface area contributed by atoms with Crippen LogP contribution in [0.1, 0.15) is 39.2 Å². The second-order valence-corrected chi connectivity index (χ2v) is 6.22. The van der Waals surface area contributed by atoms with Gasteiger partial charge in [-0.2, -0.15) is 0 Å². The number of carbonyl (C=O) groups is 1. The molecule has 0 saturated heterocycles. The molecule has 0 unspecified atom stereocenters. The Morgan fingerprint density at radius 1 is 1.33 bits per heavy atom. The minimum atomic E-state index is 0.100. The third-order valence-electron chi connectivity index (χ3n) is 4.39. The van der Waals surface area contributed by atoms with Crippen molar-refractivity contribution in [3.8, 4) is 11.5 Å². The number of rotatable bonds is 3. The van der Waals surface area contributed by atoms with Gasteiger partial charge in [-0.25, -0.2) is 0 Å². The van der Waals surface area contributed by atoms with E-state index in [1.54, 1.807) is 12.1 Å². The van der Waals surface area contributed by atoms with E-state index >= 15 is 0 Å². The van der Waals surface area contributed by atoms with Crippen molar-refractivity contribution in [1.29, 1.82) is 0 Å². The van der Waals surface area contributed by atoms with Crippen LogP contribution in [0.15, 0.2) is 23.8 Å². The molecule has 0 aliphatic heterocycles. The molecule has 3 nitrogen and oxygen atoms in total. The lowest BCUT2D eigenvalue weighted by molar-refractivity contribution is -0.122. The molecule has 0 radical (unpaired) electrons. The molecule has 21 heavy (non-hydrogen) atoms. The van der Waals surface area contributed by atoms with Crippen LogP contribution in [0.4, 0.5) is 0 Å². The van der Waals surface area contributed by atoms with Crippen LogP contribution < -0.4 is 4.74 Å². The van der Waals surface area contributed by atoms with Gasteiger partial charge in [0.05, 0.1) is 7.11 Å². The minimum Gasteiger partial charge on any atom is -0.504 e. The van der Waals surface area contributed by atoms with Crippen LogP contribution in [0.25, 0.3) is 6.08 Å². The fourth-order valence-corrected chi connectivity index (χ4v) is 3.00. The summed E-state index contributed by atoms with van der Waals surface area (Å²) in [6.07, 6.45) is 3.94. The van der Waals surface area contributed by atoms with Crippen LogP contribution in [0.3, 0.4) is 0 Å². The normalized spacial score (nSPS) is 24.6. The number of carbonyl (C=O) groups excluding carboxylic acids is 1. The summed E-state index contributed by atoms with van der Waals surface area (Å²) >= 11 is 0. The lowest BCUT2D eigenvalue weighted by Gasteiger charge is -2.30. The Balaban J connectivity index is 2.33. The maximum Gasteiger partial charge on any atom is 0.162 e. The van der Waals surface area contributed by atoms with Crippen molar-refractivity contribution < 1.29 is 14.6 Å². The Bertz CT molecular complexity index is 558. The molecule has 1 aromatic carbocycles. The highest BCUT2D eigenvalue weighted by atomic mass is 16.5. The predicted molar refractivity (Wildman–Crippen MR) is 84.4 cm³/mol. The van der Waals surface area contributed by atoms with E-state index in [1.807, 2.05) is 12.1 Å². The Hall–Kier alpha value is -1.77. The van der Waals surface area contributed by atoms with Crippen molar-refractivity contribution in [2.75, 3.05) is 7.11 Å². The summed E-state index contributed by atoms with van der Waals surface area (Å²) < 4.78 is 5.04. The van der Waals surface area contributed by atoms with Crippen molar-refractivity contribution in [2.45, 2.75) is 33.6 Å². The third-order valence-corrected chi connectivity index (χ3v) is 4.39. The van der Waals surface area contributed by atoms with E-state index in [1.165, 1.54) is 7.11 Å². The molecule has 1 N–H and O–H groups in total. The van der Waals surface area contributed by atoms with Gasteiger partial charge < -0.3 is 9.84 Å². The average molecular weight is 288 g/mol. The highest BCUT2D eigenvalue weighted by Gasteiger charge is 2.32. The van der Waals surface area contributed by atoms with Gasteiger partial charge in [-0.15, -0.1) is 0 Å². The van der Waals surface area contributed by atoms with Gasteiger partial charge in [-0.1, -0.05) is 26.8 Å². The molecule has 0 spiro atoms. The average Bonchev–Trinajstić information content (AvgIpc) is 2.43. The minimum absolute atomic E-state index is 0.100. The number of ether oxygens (including phenoxy) is 1. The standard InChI is InChI=1S/C18H24O3/c1-11(2)14-7-5-12(3)15(18(14)20)9-13-6-8-17(21-4)16(19)10-13/h6,8-12,14,19H,5,7H2,1-4H3/t12-,14-/m1/s1. The van der Waals surface area contributed by atoms with E-state index in [-0.39, 0.29) is 23.4 Å². The van der Waals surface area contributed by atoms with Crippen molar-refractivity contribution in [1.82, 2.24) is 0 Å². The topological polar surface area (TPSA) is 46.5 Å². The Morgan fingerprint density at radius 3 is 2.62 bits per heavy atom. The number of hydrogen-bond donors (Lipinski definition) is 1. The van der Waals surface area contributed by atoms with Crippen LogP contribution in [-0.2, 0) is 4.79 Å². The van der Waals surface area contributed by atoms with E-state index in [0.717, 1.165) is 24.0 Å². The Kier molecular flexibility index (Phi) is 4.71. The Morgan fingerprint density at radius 2 is 2.05 bits per heavy atom. The van der Waals surface area contributed by atoms with E-state index in [0.29, 0.717) is 11.7 Å². The fourth-order valence-electron chi connectivity index (χ4n) is 3.00. The van der Waals surface area contributed by atoms with E-state index in [9.17, 15) is 9.90 Å². The van der Waals surface area contributed by atoms with Gasteiger partial charge in [-0.05, 0) is 54.0 Å². The lowest BCUT2D eigenvalue weighted by Crippen LogP contribution is -2.30. The van der Waals surface area contributed by atoms with E-state index in [4.69, 9.17) is 4.74 Å². The van der Waals surface area contributed by atoms with Crippen LogP contribution >= 0.6 is 0 Å². The van der Waals surface area contributed by atoms with Crippen LogP contribution in [0.5, 0.6) is 11.5 Å². The number of ketones is 1. The predicted octanol–water partition coefficient (Wildman–Crippen LogP) is 4.06. The number of allylic oxidation sites excluding steroid dienone is 1. The van der Waals surface area contributed by atoms with Gasteiger partial charge in [-0.3, -0.25) is 4.79 Å². The van der Waals surface area contributed by atoms with Crippen molar-refractivity contribution >= 4 is 11.9 Å². The molecule has 3 heteroatoms. The molecule has 0 amide bonds. The summed E-state index contributed by atoms with van der Waals surface area (Å²) in [6.45, 7) is 6.31. The molecule has 0 bridgehead atoms. The Labute approximate surface area is 126 Å². The van der Waals surface area contributed by atoms with E-state index < -0.39 is 0 Å². The highest BCUT2D eigenvalue weighted by molar-refractivity contribution is 6.02. The van der Waals surface area contributed by atoms with Gasteiger partial charge in [0.15, 0.2) is 17.3 Å². The van der Waals surface area contributed by atoms with Crippen LogP contribution in [0, 0.1) is 17.8 Å². The maximum atomic E-state index is 12.6. The number of aromatic hydroxyl groups is 1. The van der Waals surface area contributed by atoms with Gasteiger partial charge in [0.2, 0.25) is 0 Å². The molecule has 2 rings (SSSR count). The zero-order valence-electron chi connectivity index (χ0n) is 13.2. The molecule has 1 saturated carbocycles. The quantitative estimate of drug-likeness (QED) is 0.853. The number of hydrogen-bond acceptors (Lipinski definition) is 3. The first-order chi connectivity index (χ1) is 9.93. The molecule has 1 aliphatic carbocycles. The fraction of sp³-hybridized carbons (Fsp3) is 0.500. The maximum absolute atomic E-state index is 12.6. The largest absolute Gasteiger partial charge is 0.504 e. The van der Waals surface area contributed by atoms with Gasteiger partial charge in [0.25, 0.3) is 0 Å². The molecule has 114 valence electrons. The summed E-state index contributed by atoms with van der Waals surface area (Å²) in [5.74, 6) is 1.58. The first-order valence-corrected chi connectivity index (χ1v) is 7.56. The summed E-state index contributed by atoms with van der Waals surface area (Å²) in [5.41, 5.74) is 1.72. The lowest BCUT2D eigenvalue weighted by atomic mass is 9.73. The number of methoxy groups -OCH3 is 1. The number of phenols is 1. The summed E-state index contributed by atoms with van der Waals surface area (Å²) in [4.78, 5) is 12.6. The van der Waals surface area contributed by atoms with Crippen molar-refractivity contribution in [2.24, 2.45) is 17.8 Å². The zero-order chi connectivity index (χ0) is 15.6. The van der Waals surface area contributed by atoms with Gasteiger partial charge >= 0.3 is 0 Å². The smallest absolute Gasteiger partial charge is 0.162 e. The molecule has 1 aliphatic rings. The zero-order valence-corrected chi connectivity index (χ0v) is 13.2. The van der Waals surface area contributed by atoms with E-state index in [2.05, 4.69) is 20.8 Å². The molecular weight excluding hydrogens is 264 g/mol. The first kappa shape index (κ1) is 15.6. The third kappa shape index (κ3) is 3.29. The second kappa shape index (κ2) is 6.33. The SMILES string of the molecule is COc1ccc(C=C2C(=O)[C@@H](C(C)C)CC[C@H]2C)cc1O. The molecule has 0 aromatic heterocycles. The molecule has 1 aromatic rings. The molecule has 1 fully saturated rings.